The van der Waals surface area contributed by atoms with E-state index in [1.807, 2.05) is 0 Å². The maximum absolute atomic E-state index is 11.6. The molecule has 136 valence electrons. The molecule has 0 aliphatic carbocycles. The third-order valence-corrected chi connectivity index (χ3v) is 5.30. The number of ether oxygens (including phenoxy) is 1. The highest BCUT2D eigenvalue weighted by atomic mass is 32.2. The average molecular weight is 408 g/mol. The van der Waals surface area contributed by atoms with Gasteiger partial charge in [0.25, 0.3) is 0 Å². The Morgan fingerprint density at radius 3 is 2.80 bits per heavy atom. The molecule has 1 aliphatic rings. The van der Waals surface area contributed by atoms with Gasteiger partial charge in [-0.05, 0) is 0 Å². The smallest absolute Gasteiger partial charge is 0.333 e. The molecule has 25 heavy (non-hydrogen) atoms. The molecule has 15 heteroatoms. The summed E-state index contributed by atoms with van der Waals surface area (Å²) in [5.41, 5.74) is 5.81. The first-order chi connectivity index (χ1) is 11.9. The maximum atomic E-state index is 11.6. The molecule has 3 rings (SSSR count). The molecule has 0 bridgehead atoms. The summed E-state index contributed by atoms with van der Waals surface area (Å²) in [6, 6.07) is 0. The second-order valence-electron chi connectivity index (χ2n) is 5.12. The lowest BCUT2D eigenvalue weighted by Gasteiger charge is -2.19. The lowest BCUT2D eigenvalue weighted by molar-refractivity contribution is -0.0370. The van der Waals surface area contributed by atoms with Crippen molar-refractivity contribution < 1.29 is 26.4 Å². The molecule has 12 nitrogen and oxygen atoms in total. The van der Waals surface area contributed by atoms with Crippen LogP contribution >= 0.6 is 17.9 Å². The first kappa shape index (κ1) is 18.5. The third kappa shape index (κ3) is 3.63. The van der Waals surface area contributed by atoms with Crippen LogP contribution in [0.5, 0.6) is 0 Å². The normalized spacial score (nSPS) is 27.3. The minimum absolute atomic E-state index is 0.192. The summed E-state index contributed by atoms with van der Waals surface area (Å²) >= 11 is 0. The van der Waals surface area contributed by atoms with Crippen LogP contribution in [0.4, 0.5) is 5.82 Å². The zero-order valence-electron chi connectivity index (χ0n) is 12.5. The fourth-order valence-corrected chi connectivity index (χ4v) is 3.96. The van der Waals surface area contributed by atoms with Gasteiger partial charge in [-0.3, -0.25) is 13.3 Å². The molecule has 5 atom stereocenters. The van der Waals surface area contributed by atoms with Crippen LogP contribution in [0, 0.1) is 0 Å². The van der Waals surface area contributed by atoms with E-state index in [1.54, 1.807) is 0 Å². The topological polar surface area (TPSA) is 175 Å². The molecule has 0 saturated carbocycles. The molecule has 4 N–H and O–H groups in total. The van der Waals surface area contributed by atoms with E-state index in [-0.39, 0.29) is 14.3 Å². The van der Waals surface area contributed by atoms with Crippen LogP contribution in [0.2, 0.25) is 0 Å². The van der Waals surface area contributed by atoms with Crippen molar-refractivity contribution in [1.82, 2.24) is 19.5 Å². The highest BCUT2D eigenvalue weighted by Gasteiger charge is 2.47. The van der Waals surface area contributed by atoms with Crippen LogP contribution in [-0.4, -0.2) is 52.4 Å². The van der Waals surface area contributed by atoms with E-state index in [1.165, 1.54) is 17.2 Å². The van der Waals surface area contributed by atoms with Gasteiger partial charge in [0.1, 0.15) is 24.1 Å². The molecule has 1 fully saturated rings. The van der Waals surface area contributed by atoms with Gasteiger partial charge >= 0.3 is 10.3 Å². The van der Waals surface area contributed by atoms with Gasteiger partial charge < -0.3 is 15.0 Å². The first-order valence-corrected chi connectivity index (χ1v) is 9.61. The molecule has 3 heterocycles. The van der Waals surface area contributed by atoms with Gasteiger partial charge in [-0.1, -0.05) is 0 Å². The van der Waals surface area contributed by atoms with E-state index < -0.39 is 41.0 Å². The molecule has 1 saturated heterocycles. The maximum Gasteiger partial charge on any atom is 0.333 e. The molecule has 2 aromatic rings. The summed E-state index contributed by atoms with van der Waals surface area (Å²) in [6.45, 7) is -0.413. The van der Waals surface area contributed by atoms with Gasteiger partial charge in [-0.25, -0.2) is 20.1 Å². The first-order valence-electron chi connectivity index (χ1n) is 6.79. The van der Waals surface area contributed by atoms with Crippen molar-refractivity contribution in [3.8, 4) is 0 Å². The Morgan fingerprint density at radius 2 is 2.16 bits per heavy atom. The number of imidazole rings is 1. The van der Waals surface area contributed by atoms with E-state index in [4.69, 9.17) is 20.1 Å². The zero-order valence-corrected chi connectivity index (χ0v) is 15.4. The van der Waals surface area contributed by atoms with Gasteiger partial charge in [0.15, 0.2) is 26.2 Å². The number of hydrogen-bond donors (Lipinski definition) is 2. The fourth-order valence-electron chi connectivity index (χ4n) is 2.57. The second-order valence-corrected chi connectivity index (χ2v) is 7.42. The number of rotatable bonds is 6. The number of fused-ring (bicyclic) bond motifs is 1. The number of hydrogen-bond acceptors (Lipinski definition) is 10. The van der Waals surface area contributed by atoms with Crippen LogP contribution < -0.4 is 10.9 Å². The molecule has 0 radical (unpaired) electrons. The van der Waals surface area contributed by atoms with Crippen molar-refractivity contribution in [1.29, 1.82) is 0 Å². The summed E-state index contributed by atoms with van der Waals surface area (Å²) in [4.78, 5) is 12.1. The monoisotopic (exact) mass is 408 g/mol. The Labute approximate surface area is 146 Å². The summed E-state index contributed by atoms with van der Waals surface area (Å²) < 4.78 is 50.8. The molecular weight excluding hydrogens is 394 g/mol. The van der Waals surface area contributed by atoms with Gasteiger partial charge in [0.05, 0.1) is 18.6 Å². The van der Waals surface area contributed by atoms with Gasteiger partial charge in [-0.2, -0.15) is 8.42 Å². The fraction of sp³-hybridized carbons (Fsp3) is 0.500. The second kappa shape index (κ2) is 7.12. The van der Waals surface area contributed by atoms with E-state index >= 15 is 0 Å². The van der Waals surface area contributed by atoms with Gasteiger partial charge in [-0.15, -0.1) is 0 Å². The number of anilines is 1. The minimum Gasteiger partial charge on any atom is -0.382 e. The predicted molar refractivity (Wildman–Crippen MR) is 88.7 cm³/mol. The zero-order chi connectivity index (χ0) is 18.2. The Morgan fingerprint density at radius 1 is 1.40 bits per heavy atom. The van der Waals surface area contributed by atoms with Crippen molar-refractivity contribution in [2.24, 2.45) is 5.14 Å². The Kier molecular flexibility index (Phi) is 5.26. The number of nitrogen functional groups attached to an aromatic ring is 1. The molecular formula is C10H14N6O6P2S. The van der Waals surface area contributed by atoms with E-state index in [0.29, 0.717) is 11.2 Å². The molecule has 0 spiro atoms. The number of nitrogens with two attached hydrogens (primary N) is 2. The summed E-state index contributed by atoms with van der Waals surface area (Å²) in [7, 11) is -2.41. The summed E-state index contributed by atoms with van der Waals surface area (Å²) in [5.74, 6) is 0.192. The molecule has 1 aliphatic heterocycles. The Balaban J connectivity index is 1.94. The highest BCUT2D eigenvalue weighted by Crippen LogP contribution is 2.40. The SMILES string of the molecule is Nc1ncnc2c1ncn2[C@@H]1O[C@H](COS(N)(=O)=O)[C@@H](P=O)[C@H]1OP. The molecule has 2 aromatic heterocycles. The van der Waals surface area contributed by atoms with Crippen molar-refractivity contribution in [2.45, 2.75) is 24.1 Å². The Bertz CT molecular complexity index is 893. The number of nitrogens with zero attached hydrogens (tertiary/aromatic N) is 4. The number of aromatic nitrogens is 4. The molecule has 1 unspecified atom stereocenters. The van der Waals surface area contributed by atoms with Crippen molar-refractivity contribution in [3.05, 3.63) is 12.7 Å². The summed E-state index contributed by atoms with van der Waals surface area (Å²) in [6.07, 6.45) is 0.333. The largest absolute Gasteiger partial charge is 0.382 e. The summed E-state index contributed by atoms with van der Waals surface area (Å²) in [5, 5.41) is 4.82. The lowest BCUT2D eigenvalue weighted by Crippen LogP contribution is -2.31. The lowest BCUT2D eigenvalue weighted by atomic mass is 10.2. The van der Waals surface area contributed by atoms with Crippen LogP contribution in [0.3, 0.4) is 0 Å². The van der Waals surface area contributed by atoms with Gasteiger partial charge in [0.2, 0.25) is 0 Å². The minimum atomic E-state index is -4.17. The van der Waals surface area contributed by atoms with E-state index in [2.05, 4.69) is 28.6 Å². The van der Waals surface area contributed by atoms with E-state index in [9.17, 15) is 13.0 Å². The molecule has 0 aromatic carbocycles. The van der Waals surface area contributed by atoms with Crippen LogP contribution in [0.15, 0.2) is 12.7 Å². The predicted octanol–water partition coefficient (Wildman–Crippen LogP) is -0.638. The van der Waals surface area contributed by atoms with Crippen molar-refractivity contribution in [2.75, 3.05) is 12.3 Å². The van der Waals surface area contributed by atoms with Crippen molar-refractivity contribution >= 4 is 45.2 Å². The standard InChI is InChI=1S/C10H14N6O6P2S/c11-8-5-9(14-2-13-8)16(3-15-5)10-6(22-23)7(24-17)4(21-10)1-20-25(12,18)19/h2-4,6-7,10H,1,23H2,(H2,11,13,14)(H2,12,18,19)/t4-,6-,7-,10-/m1/s1. The average Bonchev–Trinajstić information content (AvgIpc) is 3.13. The van der Waals surface area contributed by atoms with Crippen molar-refractivity contribution in [3.63, 3.8) is 0 Å². The Hall–Kier alpha value is -1.33. The third-order valence-electron chi connectivity index (χ3n) is 3.65. The quantitative estimate of drug-likeness (QED) is 0.585. The van der Waals surface area contributed by atoms with Gasteiger partial charge in [0, 0.05) is 9.47 Å². The van der Waals surface area contributed by atoms with Crippen LogP contribution in [0.25, 0.3) is 11.2 Å². The highest BCUT2D eigenvalue weighted by molar-refractivity contribution is 7.84. The van der Waals surface area contributed by atoms with Crippen LogP contribution in [0.1, 0.15) is 6.23 Å². The molecule has 0 amide bonds. The van der Waals surface area contributed by atoms with E-state index in [0.717, 1.165) is 0 Å². The van der Waals surface area contributed by atoms with Crippen LogP contribution in [-0.2, 0) is 28.3 Å².